The van der Waals surface area contributed by atoms with Gasteiger partial charge in [-0.25, -0.2) is 4.39 Å². The van der Waals surface area contributed by atoms with Crippen molar-refractivity contribution in [3.05, 3.63) is 58.4 Å². The molecule has 0 aliphatic carbocycles. The van der Waals surface area contributed by atoms with Crippen LogP contribution in [-0.2, 0) is 10.1 Å². The number of aryl methyl sites for hydroxylation is 1. The van der Waals surface area contributed by atoms with Crippen molar-refractivity contribution in [2.45, 2.75) is 11.8 Å². The highest BCUT2D eigenvalue weighted by Crippen LogP contribution is 2.28. The van der Waals surface area contributed by atoms with Gasteiger partial charge in [0.2, 0.25) is 0 Å². The van der Waals surface area contributed by atoms with Crippen LogP contribution in [0.25, 0.3) is 0 Å². The summed E-state index contributed by atoms with van der Waals surface area (Å²) in [5, 5.41) is 8.71. The summed E-state index contributed by atoms with van der Waals surface area (Å²) in [7, 11) is -4.13. The Balaban J connectivity index is 2.37. The molecule has 0 spiro atoms. The number of hydrogen-bond donors (Lipinski definition) is 0. The molecule has 0 saturated carbocycles. The van der Waals surface area contributed by atoms with Crippen molar-refractivity contribution in [3.63, 3.8) is 0 Å². The van der Waals surface area contributed by atoms with E-state index in [0.29, 0.717) is 0 Å². The number of hydrogen-bond acceptors (Lipinski definition) is 4. The summed E-state index contributed by atoms with van der Waals surface area (Å²) in [6.45, 7) is 1.45. The lowest BCUT2D eigenvalue weighted by atomic mass is 10.2. The highest BCUT2D eigenvalue weighted by atomic mass is 35.5. The lowest BCUT2D eigenvalue weighted by molar-refractivity contribution is 0.485. The van der Waals surface area contributed by atoms with E-state index in [1.807, 2.05) is 6.07 Å². The van der Waals surface area contributed by atoms with Gasteiger partial charge in [-0.05, 0) is 48.9 Å². The van der Waals surface area contributed by atoms with Crippen LogP contribution in [0.3, 0.4) is 0 Å². The topological polar surface area (TPSA) is 67.2 Å². The van der Waals surface area contributed by atoms with E-state index in [9.17, 15) is 12.8 Å². The first-order valence-electron chi connectivity index (χ1n) is 5.74. The van der Waals surface area contributed by atoms with Gasteiger partial charge in [-0.15, -0.1) is 0 Å². The first-order valence-corrected chi connectivity index (χ1v) is 7.52. The lowest BCUT2D eigenvalue weighted by Crippen LogP contribution is -2.10. The predicted molar refractivity (Wildman–Crippen MR) is 75.1 cm³/mol. The Hall–Kier alpha value is -2.10. The number of nitriles is 1. The van der Waals surface area contributed by atoms with Crippen molar-refractivity contribution in [1.82, 2.24) is 0 Å². The third-order valence-electron chi connectivity index (χ3n) is 2.68. The van der Waals surface area contributed by atoms with E-state index in [0.717, 1.165) is 12.1 Å². The van der Waals surface area contributed by atoms with Gasteiger partial charge >= 0.3 is 10.1 Å². The van der Waals surface area contributed by atoms with Gasteiger partial charge in [0.05, 0.1) is 16.7 Å². The second-order valence-electron chi connectivity index (χ2n) is 4.21. The zero-order valence-electron chi connectivity index (χ0n) is 10.8. The molecule has 0 unspecified atom stereocenters. The zero-order valence-corrected chi connectivity index (χ0v) is 12.4. The SMILES string of the molecule is Cc1cc(S(=O)(=O)Oc2ccc(C#N)cc2Cl)ccc1F. The molecule has 4 nitrogen and oxygen atoms in total. The molecule has 0 atom stereocenters. The fraction of sp³-hybridized carbons (Fsp3) is 0.0714. The van der Waals surface area contributed by atoms with E-state index >= 15 is 0 Å². The van der Waals surface area contributed by atoms with E-state index in [4.69, 9.17) is 21.0 Å². The van der Waals surface area contributed by atoms with Gasteiger partial charge in [-0.1, -0.05) is 11.6 Å². The molecule has 0 heterocycles. The molecule has 0 saturated heterocycles. The van der Waals surface area contributed by atoms with Gasteiger partial charge in [0.1, 0.15) is 10.7 Å². The van der Waals surface area contributed by atoms with Crippen molar-refractivity contribution in [3.8, 4) is 11.8 Å². The Labute approximate surface area is 126 Å². The fourth-order valence-corrected chi connectivity index (χ4v) is 2.88. The van der Waals surface area contributed by atoms with E-state index in [-0.39, 0.29) is 26.8 Å². The van der Waals surface area contributed by atoms with Crippen molar-refractivity contribution in [2.75, 3.05) is 0 Å². The van der Waals surface area contributed by atoms with Crippen molar-refractivity contribution < 1.29 is 17.0 Å². The molecule has 0 fully saturated rings. The number of halogens is 2. The third kappa shape index (κ3) is 3.32. The van der Waals surface area contributed by atoms with Crippen LogP contribution in [0.4, 0.5) is 4.39 Å². The number of rotatable bonds is 3. The van der Waals surface area contributed by atoms with Crippen LogP contribution in [0.5, 0.6) is 5.75 Å². The van der Waals surface area contributed by atoms with Gasteiger partial charge in [-0.2, -0.15) is 13.7 Å². The van der Waals surface area contributed by atoms with E-state index < -0.39 is 15.9 Å². The summed E-state index contributed by atoms with van der Waals surface area (Å²) in [6, 6.07) is 9.16. The molecule has 0 aliphatic rings. The molecule has 2 rings (SSSR count). The third-order valence-corrected chi connectivity index (χ3v) is 4.20. The quantitative estimate of drug-likeness (QED) is 0.811. The minimum absolute atomic E-state index is 0.00328. The maximum Gasteiger partial charge on any atom is 0.339 e. The highest BCUT2D eigenvalue weighted by molar-refractivity contribution is 7.87. The summed E-state index contributed by atoms with van der Waals surface area (Å²) in [5.41, 5.74) is 0.466. The molecule has 0 aliphatic heterocycles. The first-order chi connectivity index (χ1) is 9.83. The minimum Gasteiger partial charge on any atom is -0.377 e. The van der Waals surface area contributed by atoms with Crippen LogP contribution in [0, 0.1) is 24.1 Å². The largest absolute Gasteiger partial charge is 0.377 e. The summed E-state index contributed by atoms with van der Waals surface area (Å²) >= 11 is 5.86. The maximum absolute atomic E-state index is 13.2. The van der Waals surface area contributed by atoms with Gasteiger partial charge in [0, 0.05) is 0 Å². The van der Waals surface area contributed by atoms with Crippen LogP contribution < -0.4 is 4.18 Å². The molecular formula is C14H9ClFNO3S. The normalized spacial score (nSPS) is 11.0. The first kappa shape index (κ1) is 15.3. The lowest BCUT2D eigenvalue weighted by Gasteiger charge is -2.09. The zero-order chi connectivity index (χ0) is 15.6. The molecule has 7 heteroatoms. The molecule has 0 aromatic heterocycles. The highest BCUT2D eigenvalue weighted by Gasteiger charge is 2.19. The summed E-state index contributed by atoms with van der Waals surface area (Å²) < 4.78 is 42.3. The van der Waals surface area contributed by atoms with Gasteiger partial charge in [-0.3, -0.25) is 0 Å². The second kappa shape index (κ2) is 5.72. The molecule has 2 aromatic carbocycles. The minimum atomic E-state index is -4.13. The van der Waals surface area contributed by atoms with Gasteiger partial charge in [0.25, 0.3) is 0 Å². The van der Waals surface area contributed by atoms with Crippen molar-refractivity contribution in [1.29, 1.82) is 5.26 Å². The van der Waals surface area contributed by atoms with Crippen LogP contribution in [0.1, 0.15) is 11.1 Å². The number of nitrogens with zero attached hydrogens (tertiary/aromatic N) is 1. The van der Waals surface area contributed by atoms with Gasteiger partial charge in [0.15, 0.2) is 5.75 Å². The van der Waals surface area contributed by atoms with E-state index in [1.54, 1.807) is 0 Å². The summed E-state index contributed by atoms with van der Waals surface area (Å²) in [5.74, 6) is -0.608. The molecule has 2 aromatic rings. The predicted octanol–water partition coefficient (Wildman–Crippen LogP) is 3.43. The molecule has 108 valence electrons. The number of benzene rings is 2. The Morgan fingerprint density at radius 1 is 1.24 bits per heavy atom. The Kier molecular flexibility index (Phi) is 4.16. The Morgan fingerprint density at radius 3 is 2.52 bits per heavy atom. The monoisotopic (exact) mass is 325 g/mol. The maximum atomic E-state index is 13.2. The standard InChI is InChI=1S/C14H9ClFNO3S/c1-9-6-11(3-4-13(9)16)21(18,19)20-14-5-2-10(8-17)7-12(14)15/h2-7H,1H3. The molecule has 0 N–H and O–H groups in total. The molecule has 0 amide bonds. The van der Waals surface area contributed by atoms with Crippen LogP contribution in [0.15, 0.2) is 41.3 Å². The molecule has 0 bridgehead atoms. The fourth-order valence-electron chi connectivity index (χ4n) is 1.58. The van der Waals surface area contributed by atoms with Crippen LogP contribution >= 0.6 is 11.6 Å². The van der Waals surface area contributed by atoms with E-state index in [2.05, 4.69) is 0 Å². The molecular weight excluding hydrogens is 317 g/mol. The molecule has 21 heavy (non-hydrogen) atoms. The van der Waals surface area contributed by atoms with Crippen molar-refractivity contribution >= 4 is 21.7 Å². The second-order valence-corrected chi connectivity index (χ2v) is 6.16. The average molecular weight is 326 g/mol. The smallest absolute Gasteiger partial charge is 0.339 e. The van der Waals surface area contributed by atoms with Crippen LogP contribution in [0.2, 0.25) is 5.02 Å². The molecule has 0 radical (unpaired) electrons. The van der Waals surface area contributed by atoms with Crippen LogP contribution in [-0.4, -0.2) is 8.42 Å². The Morgan fingerprint density at radius 2 is 1.95 bits per heavy atom. The van der Waals surface area contributed by atoms with Crippen molar-refractivity contribution in [2.24, 2.45) is 0 Å². The average Bonchev–Trinajstić information content (AvgIpc) is 2.43. The Bertz CT molecular complexity index is 844. The van der Waals surface area contributed by atoms with E-state index in [1.165, 1.54) is 31.2 Å². The summed E-state index contributed by atoms with van der Waals surface area (Å²) in [4.78, 5) is -0.179. The summed E-state index contributed by atoms with van der Waals surface area (Å²) in [6.07, 6.45) is 0. The van der Waals surface area contributed by atoms with Gasteiger partial charge < -0.3 is 4.18 Å².